The molecule has 0 radical (unpaired) electrons. The lowest BCUT2D eigenvalue weighted by Gasteiger charge is -2.41. The molecule has 3 rings (SSSR count). The highest BCUT2D eigenvalue weighted by Crippen LogP contribution is 2.29. The van der Waals surface area contributed by atoms with Gasteiger partial charge in [0, 0.05) is 51.6 Å². The Morgan fingerprint density at radius 1 is 1.23 bits per heavy atom. The maximum absolute atomic E-state index is 12.6. The second kappa shape index (κ2) is 8.43. The van der Waals surface area contributed by atoms with E-state index in [-0.39, 0.29) is 17.9 Å². The molecule has 0 aromatic heterocycles. The zero-order valence-electron chi connectivity index (χ0n) is 15.8. The number of ether oxygens (including phenoxy) is 1. The zero-order valence-corrected chi connectivity index (χ0v) is 15.8. The standard InChI is InChI=1S/C20H29N3O3/c1-16-15-22(17-7-3-4-8-18(17)26-2)13-14-23(16)20(25)10-6-12-21-11-5-9-19(21)24/h3-4,7-8,16H,5-6,9-15H2,1-2H3. The van der Waals surface area contributed by atoms with E-state index >= 15 is 0 Å². The van der Waals surface area contributed by atoms with Gasteiger partial charge < -0.3 is 19.4 Å². The largest absolute Gasteiger partial charge is 0.495 e. The predicted molar refractivity (Wildman–Crippen MR) is 101 cm³/mol. The number of carbonyl (C=O) groups is 2. The Bertz CT molecular complexity index is 649. The minimum absolute atomic E-state index is 0.162. The van der Waals surface area contributed by atoms with Gasteiger partial charge in [-0.2, -0.15) is 0 Å². The number of hydrogen-bond donors (Lipinski definition) is 0. The third-order valence-corrected chi connectivity index (χ3v) is 5.36. The lowest BCUT2D eigenvalue weighted by atomic mass is 10.1. The van der Waals surface area contributed by atoms with Gasteiger partial charge in [-0.05, 0) is 31.9 Å². The topological polar surface area (TPSA) is 53.1 Å². The van der Waals surface area contributed by atoms with Crippen molar-refractivity contribution in [3.63, 3.8) is 0 Å². The summed E-state index contributed by atoms with van der Waals surface area (Å²) in [5.41, 5.74) is 1.08. The summed E-state index contributed by atoms with van der Waals surface area (Å²) in [5, 5.41) is 0. The van der Waals surface area contributed by atoms with Crippen molar-refractivity contribution in [1.82, 2.24) is 9.80 Å². The quantitative estimate of drug-likeness (QED) is 0.781. The Morgan fingerprint density at radius 2 is 2.04 bits per heavy atom. The van der Waals surface area contributed by atoms with Crippen molar-refractivity contribution in [3.8, 4) is 5.75 Å². The van der Waals surface area contributed by atoms with Gasteiger partial charge in [-0.1, -0.05) is 12.1 Å². The van der Waals surface area contributed by atoms with E-state index in [0.717, 1.165) is 50.5 Å². The van der Waals surface area contributed by atoms with Crippen LogP contribution in [0.5, 0.6) is 5.75 Å². The maximum atomic E-state index is 12.6. The predicted octanol–water partition coefficient (Wildman–Crippen LogP) is 2.13. The second-order valence-electron chi connectivity index (χ2n) is 7.14. The molecule has 2 aliphatic heterocycles. The van der Waals surface area contributed by atoms with Crippen molar-refractivity contribution in [3.05, 3.63) is 24.3 Å². The maximum Gasteiger partial charge on any atom is 0.222 e. The van der Waals surface area contributed by atoms with E-state index in [1.807, 2.05) is 28.0 Å². The molecule has 26 heavy (non-hydrogen) atoms. The molecule has 0 spiro atoms. The number of nitrogens with zero attached hydrogens (tertiary/aromatic N) is 3. The highest BCUT2D eigenvalue weighted by Gasteiger charge is 2.28. The number of benzene rings is 1. The van der Waals surface area contributed by atoms with E-state index in [1.165, 1.54) is 0 Å². The lowest BCUT2D eigenvalue weighted by Crippen LogP contribution is -2.54. The van der Waals surface area contributed by atoms with Gasteiger partial charge in [0.15, 0.2) is 0 Å². The molecule has 1 aromatic carbocycles. The molecule has 0 N–H and O–H groups in total. The van der Waals surface area contributed by atoms with E-state index in [4.69, 9.17) is 4.74 Å². The van der Waals surface area contributed by atoms with Gasteiger partial charge >= 0.3 is 0 Å². The SMILES string of the molecule is COc1ccccc1N1CCN(C(=O)CCCN2CCCC2=O)C(C)C1. The highest BCUT2D eigenvalue weighted by molar-refractivity contribution is 5.79. The molecule has 0 aliphatic carbocycles. The van der Waals surface area contributed by atoms with Crippen LogP contribution < -0.4 is 9.64 Å². The monoisotopic (exact) mass is 359 g/mol. The first-order valence-electron chi connectivity index (χ1n) is 9.55. The average Bonchev–Trinajstić information content (AvgIpc) is 3.06. The molecule has 6 heteroatoms. The molecule has 2 amide bonds. The Balaban J connectivity index is 1.50. The van der Waals surface area contributed by atoms with Crippen LogP contribution in [0.4, 0.5) is 5.69 Å². The van der Waals surface area contributed by atoms with Gasteiger partial charge in [-0.15, -0.1) is 0 Å². The van der Waals surface area contributed by atoms with Crippen molar-refractivity contribution >= 4 is 17.5 Å². The number of carbonyl (C=O) groups excluding carboxylic acids is 2. The van der Waals surface area contributed by atoms with Gasteiger partial charge in [0.2, 0.25) is 11.8 Å². The number of methoxy groups -OCH3 is 1. The molecule has 0 saturated carbocycles. The van der Waals surface area contributed by atoms with E-state index in [9.17, 15) is 9.59 Å². The molecule has 2 saturated heterocycles. The number of likely N-dealkylation sites (tertiary alicyclic amines) is 1. The number of rotatable bonds is 6. The summed E-state index contributed by atoms with van der Waals surface area (Å²) in [6.45, 7) is 5.99. The van der Waals surface area contributed by atoms with Gasteiger partial charge in [-0.25, -0.2) is 0 Å². The summed E-state index contributed by atoms with van der Waals surface area (Å²) in [5.74, 6) is 1.30. The number of piperazine rings is 1. The zero-order chi connectivity index (χ0) is 18.5. The van der Waals surface area contributed by atoms with Crippen molar-refractivity contribution in [2.45, 2.75) is 38.6 Å². The van der Waals surface area contributed by atoms with Crippen molar-refractivity contribution < 1.29 is 14.3 Å². The Morgan fingerprint density at radius 3 is 2.73 bits per heavy atom. The molecule has 1 aromatic rings. The Labute approximate surface area is 155 Å². The number of para-hydroxylation sites is 2. The van der Waals surface area contributed by atoms with E-state index in [1.54, 1.807) is 7.11 Å². The molecule has 6 nitrogen and oxygen atoms in total. The van der Waals surface area contributed by atoms with Crippen LogP contribution in [-0.4, -0.2) is 67.5 Å². The van der Waals surface area contributed by atoms with Gasteiger partial charge in [0.25, 0.3) is 0 Å². The van der Waals surface area contributed by atoms with Crippen LogP contribution in [0.3, 0.4) is 0 Å². The first-order valence-corrected chi connectivity index (χ1v) is 9.55. The Hall–Kier alpha value is -2.24. The fourth-order valence-corrected chi connectivity index (χ4v) is 3.94. The molecular weight excluding hydrogens is 330 g/mol. The molecule has 0 bridgehead atoms. The first-order chi connectivity index (χ1) is 12.6. The summed E-state index contributed by atoms with van der Waals surface area (Å²) in [6.07, 6.45) is 2.89. The number of hydrogen-bond acceptors (Lipinski definition) is 4. The van der Waals surface area contributed by atoms with Gasteiger partial charge in [-0.3, -0.25) is 9.59 Å². The highest BCUT2D eigenvalue weighted by atomic mass is 16.5. The summed E-state index contributed by atoms with van der Waals surface area (Å²) in [4.78, 5) is 30.4. The van der Waals surface area contributed by atoms with Crippen LogP contribution in [-0.2, 0) is 9.59 Å². The van der Waals surface area contributed by atoms with E-state index < -0.39 is 0 Å². The minimum atomic E-state index is 0.162. The van der Waals surface area contributed by atoms with Crippen molar-refractivity contribution in [2.75, 3.05) is 44.7 Å². The van der Waals surface area contributed by atoms with Crippen LogP contribution in [0.1, 0.15) is 32.6 Å². The van der Waals surface area contributed by atoms with Crippen LogP contribution in [0.15, 0.2) is 24.3 Å². The van der Waals surface area contributed by atoms with Crippen LogP contribution >= 0.6 is 0 Å². The average molecular weight is 359 g/mol. The van der Waals surface area contributed by atoms with Crippen LogP contribution in [0.2, 0.25) is 0 Å². The second-order valence-corrected chi connectivity index (χ2v) is 7.14. The molecule has 2 aliphatic rings. The van der Waals surface area contributed by atoms with Crippen molar-refractivity contribution in [1.29, 1.82) is 0 Å². The molecule has 2 heterocycles. The van der Waals surface area contributed by atoms with Crippen LogP contribution in [0.25, 0.3) is 0 Å². The van der Waals surface area contributed by atoms with Crippen LogP contribution in [0, 0.1) is 0 Å². The number of amides is 2. The van der Waals surface area contributed by atoms with Gasteiger partial charge in [0.05, 0.1) is 12.8 Å². The van der Waals surface area contributed by atoms with Gasteiger partial charge in [0.1, 0.15) is 5.75 Å². The normalized spacial score (nSPS) is 20.6. The summed E-state index contributed by atoms with van der Waals surface area (Å²) < 4.78 is 5.46. The molecule has 2 fully saturated rings. The number of anilines is 1. The summed E-state index contributed by atoms with van der Waals surface area (Å²) in [6, 6.07) is 8.18. The molecular formula is C20H29N3O3. The van der Waals surface area contributed by atoms with Crippen molar-refractivity contribution in [2.24, 2.45) is 0 Å². The molecule has 1 unspecified atom stereocenters. The minimum Gasteiger partial charge on any atom is -0.495 e. The summed E-state index contributed by atoms with van der Waals surface area (Å²) in [7, 11) is 1.69. The van der Waals surface area contributed by atoms with E-state index in [0.29, 0.717) is 19.4 Å². The third kappa shape index (κ3) is 4.11. The summed E-state index contributed by atoms with van der Waals surface area (Å²) >= 11 is 0. The third-order valence-electron chi connectivity index (χ3n) is 5.36. The molecule has 1 atom stereocenters. The van der Waals surface area contributed by atoms with E-state index in [2.05, 4.69) is 17.9 Å². The lowest BCUT2D eigenvalue weighted by molar-refractivity contribution is -0.134. The Kier molecular flexibility index (Phi) is 6.01. The smallest absolute Gasteiger partial charge is 0.222 e. The first kappa shape index (κ1) is 18.5. The fourth-order valence-electron chi connectivity index (χ4n) is 3.94. The molecule has 142 valence electrons. The fraction of sp³-hybridized carbons (Fsp3) is 0.600.